The number of para-hydroxylation sites is 2. The van der Waals surface area contributed by atoms with Crippen molar-refractivity contribution in [3.8, 4) is 0 Å². The largest absolute Gasteiger partial charge is 0.423 e. The minimum absolute atomic E-state index is 0.131. The third-order valence-electron chi connectivity index (χ3n) is 4.68. The number of benzene rings is 1. The Morgan fingerprint density at radius 3 is 2.80 bits per heavy atom. The molecule has 0 aliphatic carbocycles. The molecule has 1 saturated heterocycles. The number of aromatic nitrogens is 4. The van der Waals surface area contributed by atoms with Gasteiger partial charge < -0.3 is 13.7 Å². The molecule has 7 nitrogen and oxygen atoms in total. The quantitative estimate of drug-likeness (QED) is 0.725. The monoisotopic (exact) mass is 341 g/mol. The molecule has 2 atom stereocenters. The summed E-state index contributed by atoms with van der Waals surface area (Å²) < 4.78 is 13.7. The van der Waals surface area contributed by atoms with Crippen molar-refractivity contribution in [3.05, 3.63) is 41.9 Å². The standard InChI is InChI=1S/C18H23N5O2/c1-12-10-23(11-16(24-12)18-21-20-13(2)25-18)9-8-17-19-14-6-4-5-7-15(14)22(17)3/h4-7,12,16H,8-11H2,1-3H3/t12-,16-/m1/s1. The molecular formula is C18H23N5O2. The summed E-state index contributed by atoms with van der Waals surface area (Å²) in [5.74, 6) is 2.24. The zero-order valence-electron chi connectivity index (χ0n) is 14.8. The average molecular weight is 341 g/mol. The fourth-order valence-electron chi connectivity index (χ4n) is 3.48. The van der Waals surface area contributed by atoms with E-state index < -0.39 is 0 Å². The van der Waals surface area contributed by atoms with Crippen LogP contribution in [0.2, 0.25) is 0 Å². The molecule has 0 spiro atoms. The van der Waals surface area contributed by atoms with Gasteiger partial charge in [0.2, 0.25) is 11.8 Å². The van der Waals surface area contributed by atoms with E-state index >= 15 is 0 Å². The van der Waals surface area contributed by atoms with E-state index in [0.29, 0.717) is 11.8 Å². The molecule has 0 N–H and O–H groups in total. The molecule has 0 bridgehead atoms. The van der Waals surface area contributed by atoms with Gasteiger partial charge in [-0.15, -0.1) is 10.2 Å². The van der Waals surface area contributed by atoms with Crippen LogP contribution in [0.5, 0.6) is 0 Å². The molecule has 4 rings (SSSR count). The third kappa shape index (κ3) is 3.29. The molecule has 132 valence electrons. The molecule has 0 saturated carbocycles. The third-order valence-corrected chi connectivity index (χ3v) is 4.68. The highest BCUT2D eigenvalue weighted by Gasteiger charge is 2.30. The van der Waals surface area contributed by atoms with Crippen molar-refractivity contribution < 1.29 is 9.15 Å². The fraction of sp³-hybridized carbons (Fsp3) is 0.500. The normalized spacial score (nSPS) is 21.9. The van der Waals surface area contributed by atoms with Crippen molar-refractivity contribution in [1.82, 2.24) is 24.6 Å². The fourth-order valence-corrected chi connectivity index (χ4v) is 3.48. The topological polar surface area (TPSA) is 69.2 Å². The second-order valence-electron chi connectivity index (χ2n) is 6.68. The van der Waals surface area contributed by atoms with Crippen molar-refractivity contribution >= 4 is 11.0 Å². The summed E-state index contributed by atoms with van der Waals surface area (Å²) in [5, 5.41) is 8.03. The van der Waals surface area contributed by atoms with E-state index in [1.165, 1.54) is 5.52 Å². The van der Waals surface area contributed by atoms with Crippen molar-refractivity contribution in [2.75, 3.05) is 19.6 Å². The van der Waals surface area contributed by atoms with E-state index in [-0.39, 0.29) is 12.2 Å². The lowest BCUT2D eigenvalue weighted by molar-refractivity contribution is -0.0891. The molecule has 1 aromatic carbocycles. The van der Waals surface area contributed by atoms with E-state index in [1.807, 2.05) is 6.07 Å². The molecule has 0 radical (unpaired) electrons. The van der Waals surface area contributed by atoms with E-state index in [9.17, 15) is 0 Å². The highest BCUT2D eigenvalue weighted by atomic mass is 16.5. The van der Waals surface area contributed by atoms with Gasteiger partial charge in [0.15, 0.2) is 0 Å². The van der Waals surface area contributed by atoms with Crippen molar-refractivity contribution in [3.63, 3.8) is 0 Å². The SMILES string of the molecule is Cc1nnc([C@H]2CN(CCc3nc4ccccc4n3C)C[C@@H](C)O2)o1. The number of nitrogens with zero attached hydrogens (tertiary/aromatic N) is 5. The smallest absolute Gasteiger partial charge is 0.246 e. The number of fused-ring (bicyclic) bond motifs is 1. The summed E-state index contributed by atoms with van der Waals surface area (Å²) in [6, 6.07) is 8.24. The van der Waals surface area contributed by atoms with Gasteiger partial charge in [-0.2, -0.15) is 0 Å². The van der Waals surface area contributed by atoms with E-state index in [1.54, 1.807) is 6.92 Å². The molecule has 3 heterocycles. The molecule has 0 unspecified atom stereocenters. The average Bonchev–Trinajstić information content (AvgIpc) is 3.17. The Kier molecular flexibility index (Phi) is 4.27. The highest BCUT2D eigenvalue weighted by molar-refractivity contribution is 5.75. The van der Waals surface area contributed by atoms with Crippen molar-refractivity contribution in [2.45, 2.75) is 32.5 Å². The molecule has 0 amide bonds. The second-order valence-corrected chi connectivity index (χ2v) is 6.68. The molecule has 1 aliphatic heterocycles. The number of hydrogen-bond donors (Lipinski definition) is 0. The lowest BCUT2D eigenvalue weighted by Crippen LogP contribution is -2.43. The number of hydrogen-bond acceptors (Lipinski definition) is 6. The summed E-state index contributed by atoms with van der Waals surface area (Å²) in [5.41, 5.74) is 2.22. The molecule has 1 fully saturated rings. The summed E-state index contributed by atoms with van der Waals surface area (Å²) in [6.45, 7) is 6.46. The molecule has 1 aliphatic rings. The minimum Gasteiger partial charge on any atom is -0.423 e. The van der Waals surface area contributed by atoms with Gasteiger partial charge in [-0.25, -0.2) is 4.98 Å². The summed E-state index contributed by atoms with van der Waals surface area (Å²) >= 11 is 0. The Balaban J connectivity index is 1.45. The van der Waals surface area contributed by atoms with Gasteiger partial charge in [-0.05, 0) is 19.1 Å². The number of rotatable bonds is 4. The number of imidazole rings is 1. The Bertz CT molecular complexity index is 871. The predicted octanol–water partition coefficient (Wildman–Crippen LogP) is 2.27. The van der Waals surface area contributed by atoms with Gasteiger partial charge in [-0.1, -0.05) is 12.1 Å². The lowest BCUT2D eigenvalue weighted by Gasteiger charge is -2.35. The van der Waals surface area contributed by atoms with Crippen LogP contribution in [0.1, 0.15) is 30.6 Å². The van der Waals surface area contributed by atoms with Crippen LogP contribution in [0.25, 0.3) is 11.0 Å². The highest BCUT2D eigenvalue weighted by Crippen LogP contribution is 2.24. The van der Waals surface area contributed by atoms with Crippen molar-refractivity contribution in [1.29, 1.82) is 0 Å². The first-order valence-corrected chi connectivity index (χ1v) is 8.68. The van der Waals surface area contributed by atoms with Gasteiger partial charge in [-0.3, -0.25) is 4.90 Å². The first-order chi connectivity index (χ1) is 12.1. The number of ether oxygens (including phenoxy) is 1. The summed E-state index contributed by atoms with van der Waals surface area (Å²) in [7, 11) is 2.08. The maximum absolute atomic E-state index is 5.98. The minimum atomic E-state index is -0.162. The Morgan fingerprint density at radius 2 is 2.04 bits per heavy atom. The Morgan fingerprint density at radius 1 is 1.20 bits per heavy atom. The van der Waals surface area contributed by atoms with E-state index in [2.05, 4.69) is 51.8 Å². The molecule has 2 aromatic heterocycles. The van der Waals surface area contributed by atoms with Crippen LogP contribution in [-0.4, -0.2) is 50.4 Å². The number of morpholine rings is 1. The first-order valence-electron chi connectivity index (χ1n) is 8.68. The Hall–Kier alpha value is -2.25. The lowest BCUT2D eigenvalue weighted by atomic mass is 10.2. The van der Waals surface area contributed by atoms with E-state index in [0.717, 1.165) is 37.4 Å². The van der Waals surface area contributed by atoms with Crippen LogP contribution in [0, 0.1) is 6.92 Å². The van der Waals surface area contributed by atoms with Crippen LogP contribution in [0.3, 0.4) is 0 Å². The van der Waals surface area contributed by atoms with E-state index in [4.69, 9.17) is 14.1 Å². The van der Waals surface area contributed by atoms with Gasteiger partial charge in [0.25, 0.3) is 0 Å². The van der Waals surface area contributed by atoms with Gasteiger partial charge >= 0.3 is 0 Å². The van der Waals surface area contributed by atoms with Crippen LogP contribution < -0.4 is 0 Å². The van der Waals surface area contributed by atoms with Crippen LogP contribution in [-0.2, 0) is 18.2 Å². The van der Waals surface area contributed by atoms with Gasteiger partial charge in [0.1, 0.15) is 11.9 Å². The molecule has 25 heavy (non-hydrogen) atoms. The molecular weight excluding hydrogens is 318 g/mol. The Labute approximate surface area is 146 Å². The van der Waals surface area contributed by atoms with Crippen LogP contribution in [0.15, 0.2) is 28.7 Å². The zero-order chi connectivity index (χ0) is 17.4. The number of aryl methyl sites for hydroxylation is 2. The second kappa shape index (κ2) is 6.57. The maximum Gasteiger partial charge on any atom is 0.246 e. The molecule has 3 aromatic rings. The first kappa shape index (κ1) is 16.2. The molecule has 7 heteroatoms. The van der Waals surface area contributed by atoms with Crippen molar-refractivity contribution in [2.24, 2.45) is 7.05 Å². The van der Waals surface area contributed by atoms with Crippen LogP contribution in [0.4, 0.5) is 0 Å². The summed E-state index contributed by atoms with van der Waals surface area (Å²) in [6.07, 6.45) is 0.866. The summed E-state index contributed by atoms with van der Waals surface area (Å²) in [4.78, 5) is 7.15. The van der Waals surface area contributed by atoms with Gasteiger partial charge in [0.05, 0.1) is 17.1 Å². The van der Waals surface area contributed by atoms with Gasteiger partial charge in [0, 0.05) is 40.0 Å². The van der Waals surface area contributed by atoms with Crippen LogP contribution >= 0.6 is 0 Å². The zero-order valence-corrected chi connectivity index (χ0v) is 14.8. The predicted molar refractivity (Wildman–Crippen MR) is 93.2 cm³/mol. The maximum atomic E-state index is 5.98.